The van der Waals surface area contributed by atoms with Gasteiger partial charge in [-0.3, -0.25) is 9.69 Å². The Bertz CT molecular complexity index is 570. The van der Waals surface area contributed by atoms with Crippen molar-refractivity contribution in [2.75, 3.05) is 45.9 Å². The molecule has 0 radical (unpaired) electrons. The van der Waals surface area contributed by atoms with Gasteiger partial charge in [-0.15, -0.1) is 0 Å². The second kappa shape index (κ2) is 8.83. The first-order chi connectivity index (χ1) is 11.6. The van der Waals surface area contributed by atoms with Crippen molar-refractivity contribution >= 4 is 40.1 Å². The van der Waals surface area contributed by atoms with Crippen LogP contribution in [0.15, 0.2) is 18.2 Å². The lowest BCUT2D eigenvalue weighted by atomic mass is 9.93. The Morgan fingerprint density at radius 3 is 2.58 bits per heavy atom. The number of nitrogens with zero attached hydrogens (tertiary/aromatic N) is 2. The van der Waals surface area contributed by atoms with Crippen molar-refractivity contribution < 1.29 is 9.53 Å². The minimum Gasteiger partial charge on any atom is -0.379 e. The number of benzene rings is 1. The zero-order valence-electron chi connectivity index (χ0n) is 13.8. The topological polar surface area (TPSA) is 32.8 Å². The molecule has 1 aromatic rings. The maximum absolute atomic E-state index is 12.7. The number of piperidine rings is 1. The van der Waals surface area contributed by atoms with Gasteiger partial charge in [0.1, 0.15) is 0 Å². The van der Waals surface area contributed by atoms with Gasteiger partial charge in [0.15, 0.2) is 0 Å². The fourth-order valence-corrected chi connectivity index (χ4v) is 4.55. The summed E-state index contributed by atoms with van der Waals surface area (Å²) in [7, 11) is 0. The van der Waals surface area contributed by atoms with Crippen molar-refractivity contribution in [3.05, 3.63) is 32.4 Å². The molecule has 24 heavy (non-hydrogen) atoms. The van der Waals surface area contributed by atoms with Crippen LogP contribution in [0.2, 0.25) is 5.02 Å². The lowest BCUT2D eigenvalue weighted by Crippen LogP contribution is -2.41. The third kappa shape index (κ3) is 4.84. The molecule has 2 saturated heterocycles. The summed E-state index contributed by atoms with van der Waals surface area (Å²) < 4.78 is 6.33. The molecular formula is C18H24ClIN2O2. The van der Waals surface area contributed by atoms with Gasteiger partial charge in [-0.2, -0.15) is 0 Å². The zero-order valence-corrected chi connectivity index (χ0v) is 16.8. The van der Waals surface area contributed by atoms with Crippen LogP contribution in [0.25, 0.3) is 0 Å². The number of rotatable bonds is 4. The quantitative estimate of drug-likeness (QED) is 0.642. The molecule has 2 fully saturated rings. The van der Waals surface area contributed by atoms with E-state index in [-0.39, 0.29) is 5.91 Å². The highest BCUT2D eigenvalue weighted by Gasteiger charge is 2.25. The molecule has 132 valence electrons. The largest absolute Gasteiger partial charge is 0.379 e. The summed E-state index contributed by atoms with van der Waals surface area (Å²) in [5.41, 5.74) is 0.770. The van der Waals surface area contributed by atoms with Crippen LogP contribution in [0.3, 0.4) is 0 Å². The summed E-state index contributed by atoms with van der Waals surface area (Å²) in [6.45, 7) is 6.76. The molecule has 1 amide bonds. The predicted molar refractivity (Wildman–Crippen MR) is 105 cm³/mol. The highest BCUT2D eigenvalue weighted by molar-refractivity contribution is 14.1. The average molecular weight is 463 g/mol. The fraction of sp³-hybridized carbons (Fsp3) is 0.611. The molecule has 2 heterocycles. The van der Waals surface area contributed by atoms with Crippen LogP contribution in [0.4, 0.5) is 0 Å². The first-order valence-electron chi connectivity index (χ1n) is 8.68. The number of carbonyl (C=O) groups is 1. The van der Waals surface area contributed by atoms with Gasteiger partial charge in [0.25, 0.3) is 5.91 Å². The average Bonchev–Trinajstić information content (AvgIpc) is 2.61. The summed E-state index contributed by atoms with van der Waals surface area (Å²) in [5, 5.41) is 0.678. The van der Waals surface area contributed by atoms with Crippen LogP contribution in [0, 0.1) is 9.49 Å². The van der Waals surface area contributed by atoms with Crippen LogP contribution in [-0.2, 0) is 4.74 Å². The third-order valence-corrected chi connectivity index (χ3v) is 6.15. The Morgan fingerprint density at radius 1 is 1.21 bits per heavy atom. The summed E-state index contributed by atoms with van der Waals surface area (Å²) >= 11 is 8.18. The third-order valence-electron chi connectivity index (χ3n) is 5.02. The standard InChI is InChI=1S/C18H24ClIN2O2/c19-15-1-2-16(17(20)13-15)18(23)22-7-4-14(5-8-22)3-6-21-9-11-24-12-10-21/h1-2,13-14H,3-12H2. The van der Waals surface area contributed by atoms with Crippen LogP contribution >= 0.6 is 34.2 Å². The van der Waals surface area contributed by atoms with Gasteiger partial charge < -0.3 is 9.64 Å². The highest BCUT2D eigenvalue weighted by Crippen LogP contribution is 2.25. The van der Waals surface area contributed by atoms with E-state index >= 15 is 0 Å². The molecule has 0 saturated carbocycles. The molecule has 0 aliphatic carbocycles. The van der Waals surface area contributed by atoms with E-state index in [0.29, 0.717) is 5.02 Å². The van der Waals surface area contributed by atoms with Crippen molar-refractivity contribution in [2.45, 2.75) is 19.3 Å². The Kier molecular flexibility index (Phi) is 6.78. The maximum atomic E-state index is 12.7. The number of likely N-dealkylation sites (tertiary alicyclic amines) is 1. The summed E-state index contributed by atoms with van der Waals surface area (Å²) in [6, 6.07) is 5.49. The molecule has 0 N–H and O–H groups in total. The second-order valence-corrected chi connectivity index (χ2v) is 8.20. The van der Waals surface area contributed by atoms with Crippen LogP contribution in [0.5, 0.6) is 0 Å². The van der Waals surface area contributed by atoms with Crippen LogP contribution in [0.1, 0.15) is 29.6 Å². The van der Waals surface area contributed by atoms with Gasteiger partial charge in [0, 0.05) is 34.8 Å². The molecule has 0 spiro atoms. The molecule has 0 atom stereocenters. The summed E-state index contributed by atoms with van der Waals surface area (Å²) in [4.78, 5) is 17.2. The first-order valence-corrected chi connectivity index (χ1v) is 10.1. The normalized spacial score (nSPS) is 20.3. The van der Waals surface area contributed by atoms with Crippen molar-refractivity contribution in [3.63, 3.8) is 0 Å². The minimum absolute atomic E-state index is 0.141. The van der Waals surface area contributed by atoms with E-state index in [4.69, 9.17) is 16.3 Å². The maximum Gasteiger partial charge on any atom is 0.254 e. The molecule has 2 aliphatic rings. The summed E-state index contributed by atoms with van der Waals surface area (Å²) in [6.07, 6.45) is 3.46. The van der Waals surface area contributed by atoms with E-state index in [2.05, 4.69) is 27.5 Å². The number of amides is 1. The Morgan fingerprint density at radius 2 is 1.92 bits per heavy atom. The predicted octanol–water partition coefficient (Wildman–Crippen LogP) is 3.52. The van der Waals surface area contributed by atoms with Gasteiger partial charge in [-0.1, -0.05) is 11.6 Å². The van der Waals surface area contributed by atoms with Crippen molar-refractivity contribution in [1.29, 1.82) is 0 Å². The fourth-order valence-electron chi connectivity index (χ4n) is 3.45. The number of morpholine rings is 1. The molecule has 4 nitrogen and oxygen atoms in total. The molecule has 6 heteroatoms. The number of hydrogen-bond acceptors (Lipinski definition) is 3. The number of carbonyl (C=O) groups excluding carboxylic acids is 1. The number of ether oxygens (including phenoxy) is 1. The SMILES string of the molecule is O=C(c1ccc(Cl)cc1I)N1CCC(CCN2CCOCC2)CC1. The molecule has 0 unspecified atom stereocenters. The van der Waals surface area contributed by atoms with E-state index in [9.17, 15) is 4.79 Å². The molecule has 1 aromatic carbocycles. The van der Waals surface area contributed by atoms with Gasteiger partial charge in [0.05, 0.1) is 18.8 Å². The van der Waals surface area contributed by atoms with Crippen LogP contribution in [-0.4, -0.2) is 61.6 Å². The Balaban J connectivity index is 1.46. The molecule has 0 aromatic heterocycles. The van der Waals surface area contributed by atoms with E-state index < -0.39 is 0 Å². The summed E-state index contributed by atoms with van der Waals surface area (Å²) in [5.74, 6) is 0.879. The van der Waals surface area contributed by atoms with Crippen molar-refractivity contribution in [1.82, 2.24) is 9.80 Å². The van der Waals surface area contributed by atoms with Gasteiger partial charge in [-0.05, 0) is 72.5 Å². The van der Waals surface area contributed by atoms with Crippen LogP contribution < -0.4 is 0 Å². The van der Waals surface area contributed by atoms with Crippen molar-refractivity contribution in [2.24, 2.45) is 5.92 Å². The van der Waals surface area contributed by atoms with Gasteiger partial charge >= 0.3 is 0 Å². The molecule has 3 rings (SSSR count). The highest BCUT2D eigenvalue weighted by atomic mass is 127. The van der Waals surface area contributed by atoms with Crippen molar-refractivity contribution in [3.8, 4) is 0 Å². The molecule has 0 bridgehead atoms. The molecular weight excluding hydrogens is 439 g/mol. The van der Waals surface area contributed by atoms with E-state index in [1.807, 2.05) is 17.0 Å². The zero-order chi connectivity index (χ0) is 16.9. The lowest BCUT2D eigenvalue weighted by molar-refractivity contribution is 0.0332. The number of halogens is 2. The van der Waals surface area contributed by atoms with Gasteiger partial charge in [0.2, 0.25) is 0 Å². The Labute approximate surface area is 162 Å². The monoisotopic (exact) mass is 462 g/mol. The lowest BCUT2D eigenvalue weighted by Gasteiger charge is -2.34. The first kappa shape index (κ1) is 18.4. The Hall–Kier alpha value is -0.370. The second-order valence-electron chi connectivity index (χ2n) is 6.60. The van der Waals surface area contributed by atoms with E-state index in [1.54, 1.807) is 6.07 Å². The number of hydrogen-bond donors (Lipinski definition) is 0. The van der Waals surface area contributed by atoms with Gasteiger partial charge in [-0.25, -0.2) is 0 Å². The smallest absolute Gasteiger partial charge is 0.254 e. The minimum atomic E-state index is 0.141. The van der Waals surface area contributed by atoms with E-state index in [0.717, 1.165) is 73.8 Å². The molecule has 2 aliphatic heterocycles. The van der Waals surface area contributed by atoms with E-state index in [1.165, 1.54) is 6.42 Å².